The van der Waals surface area contributed by atoms with E-state index in [2.05, 4.69) is 6.92 Å². The predicted molar refractivity (Wildman–Crippen MR) is 84.2 cm³/mol. The summed E-state index contributed by atoms with van der Waals surface area (Å²) >= 11 is 1.58. The highest BCUT2D eigenvalue weighted by Crippen LogP contribution is 2.26. The van der Waals surface area contributed by atoms with Gasteiger partial charge in [-0.25, -0.2) is 4.79 Å². The van der Waals surface area contributed by atoms with Crippen molar-refractivity contribution in [3.63, 3.8) is 0 Å². The maximum absolute atomic E-state index is 12.3. The van der Waals surface area contributed by atoms with E-state index in [9.17, 15) is 14.7 Å². The topological polar surface area (TPSA) is 57.6 Å². The number of likely N-dealkylation sites (tertiary alicyclic amines) is 1. The van der Waals surface area contributed by atoms with Crippen LogP contribution in [0.5, 0.6) is 0 Å². The van der Waals surface area contributed by atoms with Gasteiger partial charge < -0.3 is 10.0 Å². The highest BCUT2D eigenvalue weighted by atomic mass is 32.1. The van der Waals surface area contributed by atoms with Gasteiger partial charge in [-0.1, -0.05) is 13.3 Å². The molecule has 2 unspecified atom stereocenters. The predicted octanol–water partition coefficient (Wildman–Crippen LogP) is 3.17. The lowest BCUT2D eigenvalue weighted by atomic mass is 9.89. The van der Waals surface area contributed by atoms with Crippen molar-refractivity contribution in [3.05, 3.63) is 28.0 Å². The number of aryl methyl sites for hydroxylation is 1. The smallest absolute Gasteiger partial charge is 0.326 e. The van der Waals surface area contributed by atoms with Gasteiger partial charge in [-0.05, 0) is 48.8 Å². The molecule has 5 heteroatoms. The van der Waals surface area contributed by atoms with E-state index in [1.165, 1.54) is 11.0 Å². The van der Waals surface area contributed by atoms with Crippen molar-refractivity contribution in [2.75, 3.05) is 6.54 Å². The van der Waals surface area contributed by atoms with Crippen molar-refractivity contribution in [1.82, 2.24) is 4.90 Å². The van der Waals surface area contributed by atoms with Gasteiger partial charge in [-0.2, -0.15) is 0 Å². The SMILES string of the molecule is CCC1CCN(C(=O)/C=C/c2sccc2C)C(C(=O)O)C1. The second-order valence-corrected chi connectivity index (χ2v) is 6.43. The van der Waals surface area contributed by atoms with Gasteiger partial charge in [-0.3, -0.25) is 4.79 Å². The molecular formula is C16H21NO3S. The Balaban J connectivity index is 2.08. The van der Waals surface area contributed by atoms with Crippen molar-refractivity contribution < 1.29 is 14.7 Å². The van der Waals surface area contributed by atoms with Gasteiger partial charge in [0.2, 0.25) is 5.91 Å². The number of piperidine rings is 1. The summed E-state index contributed by atoms with van der Waals surface area (Å²) in [6, 6.07) is 1.31. The summed E-state index contributed by atoms with van der Waals surface area (Å²) in [4.78, 5) is 26.2. The van der Waals surface area contributed by atoms with E-state index in [-0.39, 0.29) is 5.91 Å². The molecule has 1 aromatic heterocycles. The van der Waals surface area contributed by atoms with Crippen LogP contribution in [-0.4, -0.2) is 34.5 Å². The third-order valence-electron chi connectivity index (χ3n) is 4.14. The number of nitrogens with zero attached hydrogens (tertiary/aromatic N) is 1. The minimum atomic E-state index is -0.901. The van der Waals surface area contributed by atoms with E-state index in [0.717, 1.165) is 23.3 Å². The number of hydrogen-bond acceptors (Lipinski definition) is 3. The quantitative estimate of drug-likeness (QED) is 0.869. The molecule has 21 heavy (non-hydrogen) atoms. The molecular weight excluding hydrogens is 286 g/mol. The molecule has 0 bridgehead atoms. The first-order valence-electron chi connectivity index (χ1n) is 7.28. The van der Waals surface area contributed by atoms with Crippen molar-refractivity contribution in [3.8, 4) is 0 Å². The van der Waals surface area contributed by atoms with E-state index >= 15 is 0 Å². The third kappa shape index (κ3) is 3.73. The average Bonchev–Trinajstić information content (AvgIpc) is 2.89. The van der Waals surface area contributed by atoms with Crippen LogP contribution in [0.2, 0.25) is 0 Å². The fourth-order valence-electron chi connectivity index (χ4n) is 2.70. The molecule has 1 fully saturated rings. The third-order valence-corrected chi connectivity index (χ3v) is 5.12. The van der Waals surface area contributed by atoms with E-state index < -0.39 is 12.0 Å². The van der Waals surface area contributed by atoms with Crippen molar-refractivity contribution in [1.29, 1.82) is 0 Å². The molecule has 2 heterocycles. The molecule has 1 amide bonds. The van der Waals surface area contributed by atoms with Crippen LogP contribution < -0.4 is 0 Å². The van der Waals surface area contributed by atoms with Crippen LogP contribution in [0.4, 0.5) is 0 Å². The minimum absolute atomic E-state index is 0.204. The number of carboxylic acids is 1. The van der Waals surface area contributed by atoms with Crippen LogP contribution in [0.3, 0.4) is 0 Å². The minimum Gasteiger partial charge on any atom is -0.480 e. The van der Waals surface area contributed by atoms with Crippen LogP contribution in [-0.2, 0) is 9.59 Å². The second kappa shape index (κ2) is 6.89. The number of hydrogen-bond donors (Lipinski definition) is 1. The van der Waals surface area contributed by atoms with E-state index in [4.69, 9.17) is 0 Å². The van der Waals surface area contributed by atoms with Gasteiger partial charge in [0, 0.05) is 17.5 Å². The van der Waals surface area contributed by atoms with Crippen LogP contribution in [0, 0.1) is 12.8 Å². The normalized spacial score (nSPS) is 22.7. The number of aliphatic carboxylic acids is 1. The van der Waals surface area contributed by atoms with Crippen LogP contribution in [0.15, 0.2) is 17.5 Å². The molecule has 1 aliphatic rings. The van der Waals surface area contributed by atoms with Crippen molar-refractivity contribution in [2.24, 2.45) is 5.92 Å². The Morgan fingerprint density at radius 2 is 2.29 bits per heavy atom. The molecule has 0 aliphatic carbocycles. The molecule has 114 valence electrons. The maximum Gasteiger partial charge on any atom is 0.326 e. The van der Waals surface area contributed by atoms with E-state index in [1.807, 2.05) is 18.4 Å². The number of amides is 1. The Morgan fingerprint density at radius 3 is 2.86 bits per heavy atom. The number of carboxylic acid groups (broad SMARTS) is 1. The van der Waals surface area contributed by atoms with Gasteiger partial charge in [0.1, 0.15) is 6.04 Å². The van der Waals surface area contributed by atoms with E-state index in [0.29, 0.717) is 18.9 Å². The highest BCUT2D eigenvalue weighted by Gasteiger charge is 2.34. The molecule has 1 N–H and O–H groups in total. The number of rotatable bonds is 4. The lowest BCUT2D eigenvalue weighted by molar-refractivity contribution is -0.151. The van der Waals surface area contributed by atoms with Gasteiger partial charge >= 0.3 is 5.97 Å². The first kappa shape index (κ1) is 15.8. The Labute approximate surface area is 129 Å². The fraction of sp³-hybridized carbons (Fsp3) is 0.500. The van der Waals surface area contributed by atoms with Crippen molar-refractivity contribution >= 4 is 29.3 Å². The largest absolute Gasteiger partial charge is 0.480 e. The van der Waals surface area contributed by atoms with Crippen LogP contribution >= 0.6 is 11.3 Å². The zero-order valence-corrected chi connectivity index (χ0v) is 13.2. The Hall–Kier alpha value is -1.62. The Kier molecular flexibility index (Phi) is 5.17. The molecule has 1 saturated heterocycles. The van der Waals surface area contributed by atoms with Gasteiger partial charge in [0.25, 0.3) is 0 Å². The molecule has 1 aromatic rings. The molecule has 0 radical (unpaired) electrons. The molecule has 2 rings (SSSR count). The van der Waals surface area contributed by atoms with Crippen LogP contribution in [0.25, 0.3) is 6.08 Å². The molecule has 4 nitrogen and oxygen atoms in total. The molecule has 0 saturated carbocycles. The van der Waals surface area contributed by atoms with Gasteiger partial charge in [0.05, 0.1) is 0 Å². The molecule has 2 atom stereocenters. The Morgan fingerprint density at radius 1 is 1.52 bits per heavy atom. The standard InChI is InChI=1S/C16H21NO3S/c1-3-12-6-8-17(13(10-12)16(19)20)15(18)5-4-14-11(2)7-9-21-14/h4-5,7,9,12-13H,3,6,8,10H2,1-2H3,(H,19,20)/b5-4+. The monoisotopic (exact) mass is 307 g/mol. The molecule has 0 spiro atoms. The average molecular weight is 307 g/mol. The maximum atomic E-state index is 12.3. The zero-order chi connectivity index (χ0) is 15.4. The summed E-state index contributed by atoms with van der Waals surface area (Å²) in [6.45, 7) is 4.59. The highest BCUT2D eigenvalue weighted by molar-refractivity contribution is 7.11. The summed E-state index contributed by atoms with van der Waals surface area (Å²) < 4.78 is 0. The summed E-state index contributed by atoms with van der Waals surface area (Å²) in [7, 11) is 0. The lowest BCUT2D eigenvalue weighted by Gasteiger charge is -2.36. The summed E-state index contributed by atoms with van der Waals surface area (Å²) in [5.41, 5.74) is 1.13. The zero-order valence-electron chi connectivity index (χ0n) is 12.4. The van der Waals surface area contributed by atoms with Gasteiger partial charge in [0.15, 0.2) is 0 Å². The second-order valence-electron chi connectivity index (χ2n) is 5.49. The first-order valence-corrected chi connectivity index (χ1v) is 8.16. The van der Waals surface area contributed by atoms with Crippen LogP contribution in [0.1, 0.15) is 36.6 Å². The fourth-order valence-corrected chi connectivity index (χ4v) is 3.52. The van der Waals surface area contributed by atoms with E-state index in [1.54, 1.807) is 17.4 Å². The molecule has 0 aromatic carbocycles. The summed E-state index contributed by atoms with van der Waals surface area (Å²) in [5.74, 6) is -0.703. The lowest BCUT2D eigenvalue weighted by Crippen LogP contribution is -2.49. The van der Waals surface area contributed by atoms with Crippen molar-refractivity contribution in [2.45, 2.75) is 39.2 Å². The number of carbonyl (C=O) groups is 2. The van der Waals surface area contributed by atoms with Gasteiger partial charge in [-0.15, -0.1) is 11.3 Å². The summed E-state index contributed by atoms with van der Waals surface area (Å²) in [5, 5.41) is 11.3. The Bertz CT molecular complexity index is 549. The summed E-state index contributed by atoms with van der Waals surface area (Å²) in [6.07, 6.45) is 5.70. The molecule has 1 aliphatic heterocycles. The number of carbonyl (C=O) groups excluding carboxylic acids is 1. The first-order chi connectivity index (χ1) is 10.0. The number of thiophene rings is 1.